The van der Waals surface area contributed by atoms with Gasteiger partial charge in [-0.1, -0.05) is 55.3 Å². The minimum atomic E-state index is 0.00930. The van der Waals surface area contributed by atoms with Crippen LogP contribution in [-0.2, 0) is 11.3 Å². The van der Waals surface area contributed by atoms with Crippen molar-refractivity contribution in [1.82, 2.24) is 9.80 Å². The Labute approximate surface area is 170 Å². The summed E-state index contributed by atoms with van der Waals surface area (Å²) >= 11 is 1.66. The van der Waals surface area contributed by atoms with Crippen molar-refractivity contribution in [3.8, 4) is 0 Å². The van der Waals surface area contributed by atoms with Crippen LogP contribution in [0.4, 0.5) is 0 Å². The Bertz CT molecular complexity index is 814. The molecule has 28 heavy (non-hydrogen) atoms. The highest BCUT2D eigenvalue weighted by molar-refractivity contribution is 8.00. The van der Waals surface area contributed by atoms with Crippen molar-refractivity contribution in [3.63, 3.8) is 0 Å². The lowest BCUT2D eigenvalue weighted by Gasteiger charge is -2.25. The first-order valence-electron chi connectivity index (χ1n) is 10.1. The van der Waals surface area contributed by atoms with Gasteiger partial charge in [0, 0.05) is 25.2 Å². The molecule has 0 N–H and O–H groups in total. The lowest BCUT2D eigenvalue weighted by atomic mass is 10.1. The normalized spacial score (nSPS) is 20.3. The summed E-state index contributed by atoms with van der Waals surface area (Å²) in [5, 5.41) is 0.00930. The molecular weight excluding hydrogens is 368 g/mol. The number of hydrogen-bond donors (Lipinski definition) is 0. The van der Waals surface area contributed by atoms with Gasteiger partial charge >= 0.3 is 0 Å². The molecule has 2 aromatic carbocycles. The van der Waals surface area contributed by atoms with Crippen LogP contribution < -0.4 is 0 Å². The summed E-state index contributed by atoms with van der Waals surface area (Å²) in [7, 11) is 0. The first-order valence-corrected chi connectivity index (χ1v) is 11.1. The highest BCUT2D eigenvalue weighted by atomic mass is 32.2. The molecule has 0 unspecified atom stereocenters. The third-order valence-corrected chi connectivity index (χ3v) is 6.76. The van der Waals surface area contributed by atoms with E-state index < -0.39 is 0 Å². The third kappa shape index (κ3) is 4.25. The molecule has 0 bridgehead atoms. The predicted molar refractivity (Wildman–Crippen MR) is 113 cm³/mol. The van der Waals surface area contributed by atoms with Crippen LogP contribution in [0.15, 0.2) is 54.6 Å². The van der Waals surface area contributed by atoms with Gasteiger partial charge in [0.1, 0.15) is 5.37 Å². The van der Waals surface area contributed by atoms with Gasteiger partial charge < -0.3 is 9.80 Å². The fourth-order valence-corrected chi connectivity index (χ4v) is 5.12. The van der Waals surface area contributed by atoms with Crippen molar-refractivity contribution in [3.05, 3.63) is 71.3 Å². The van der Waals surface area contributed by atoms with Gasteiger partial charge in [-0.2, -0.15) is 0 Å². The smallest absolute Gasteiger partial charge is 0.253 e. The molecule has 4 nitrogen and oxygen atoms in total. The maximum absolute atomic E-state index is 12.8. The lowest BCUT2D eigenvalue weighted by Crippen LogP contribution is -2.31. The van der Waals surface area contributed by atoms with Gasteiger partial charge in [-0.25, -0.2) is 0 Å². The number of hydrogen-bond acceptors (Lipinski definition) is 3. The number of benzene rings is 2. The van der Waals surface area contributed by atoms with E-state index in [2.05, 4.69) is 12.1 Å². The predicted octanol–water partition coefficient (Wildman–Crippen LogP) is 4.48. The first kappa shape index (κ1) is 19.1. The molecular formula is C23H26N2O2S. The minimum Gasteiger partial charge on any atom is -0.339 e. The summed E-state index contributed by atoms with van der Waals surface area (Å²) in [5.74, 6) is 0.805. The van der Waals surface area contributed by atoms with Crippen LogP contribution in [0.25, 0.3) is 0 Å². The molecule has 0 saturated carbocycles. The van der Waals surface area contributed by atoms with E-state index in [0.29, 0.717) is 12.3 Å². The summed E-state index contributed by atoms with van der Waals surface area (Å²) in [6.45, 7) is 2.34. The van der Waals surface area contributed by atoms with E-state index >= 15 is 0 Å². The standard InChI is InChI=1S/C23H26N2O2S/c26-21-17-28-23(25(21)16-18-8-4-3-5-9-18)20-12-10-19(11-13-20)22(27)24-14-6-1-2-7-15-24/h3-5,8-13,23H,1-2,6-7,14-17H2/t23-/m0/s1. The maximum Gasteiger partial charge on any atom is 0.253 e. The number of thioether (sulfide) groups is 1. The minimum absolute atomic E-state index is 0.00930. The Morgan fingerprint density at radius 3 is 2.29 bits per heavy atom. The Morgan fingerprint density at radius 2 is 1.61 bits per heavy atom. The molecule has 2 heterocycles. The van der Waals surface area contributed by atoms with Crippen molar-refractivity contribution in [2.75, 3.05) is 18.8 Å². The molecule has 4 rings (SSSR count). The van der Waals surface area contributed by atoms with Crippen LogP contribution in [0, 0.1) is 0 Å². The summed E-state index contributed by atoms with van der Waals surface area (Å²) in [4.78, 5) is 29.1. The van der Waals surface area contributed by atoms with Crippen molar-refractivity contribution in [1.29, 1.82) is 0 Å². The van der Waals surface area contributed by atoms with Crippen LogP contribution >= 0.6 is 11.8 Å². The number of carbonyl (C=O) groups excluding carboxylic acids is 2. The molecule has 2 fully saturated rings. The van der Waals surface area contributed by atoms with E-state index in [9.17, 15) is 9.59 Å². The van der Waals surface area contributed by atoms with Crippen molar-refractivity contribution in [2.24, 2.45) is 0 Å². The Balaban J connectivity index is 1.47. The van der Waals surface area contributed by atoms with E-state index in [0.717, 1.165) is 42.6 Å². The van der Waals surface area contributed by atoms with Crippen LogP contribution in [0.2, 0.25) is 0 Å². The molecule has 0 radical (unpaired) electrons. The highest BCUT2D eigenvalue weighted by Gasteiger charge is 2.32. The van der Waals surface area contributed by atoms with E-state index in [-0.39, 0.29) is 17.2 Å². The number of likely N-dealkylation sites (tertiary alicyclic amines) is 1. The third-order valence-electron chi connectivity index (χ3n) is 5.50. The SMILES string of the molecule is O=C(c1ccc([C@@H]2SCC(=O)N2Cc2ccccc2)cc1)N1CCCCCC1. The second kappa shape index (κ2) is 8.82. The number of rotatable bonds is 4. The topological polar surface area (TPSA) is 40.6 Å². The summed E-state index contributed by atoms with van der Waals surface area (Å²) in [6.07, 6.45) is 4.62. The first-order chi connectivity index (χ1) is 13.7. The molecule has 2 aliphatic rings. The van der Waals surface area contributed by atoms with Crippen molar-refractivity contribution < 1.29 is 9.59 Å². The van der Waals surface area contributed by atoms with E-state index in [1.54, 1.807) is 11.8 Å². The Hall–Kier alpha value is -2.27. The number of amides is 2. The van der Waals surface area contributed by atoms with E-state index in [4.69, 9.17) is 0 Å². The monoisotopic (exact) mass is 394 g/mol. The zero-order valence-corrected chi connectivity index (χ0v) is 16.9. The second-order valence-corrected chi connectivity index (χ2v) is 8.57. The average Bonchev–Trinajstić information content (AvgIpc) is 2.94. The van der Waals surface area contributed by atoms with Gasteiger partial charge in [-0.3, -0.25) is 9.59 Å². The molecule has 0 aromatic heterocycles. The van der Waals surface area contributed by atoms with Gasteiger partial charge in [-0.05, 0) is 36.1 Å². The van der Waals surface area contributed by atoms with E-state index in [1.165, 1.54) is 12.8 Å². The number of nitrogens with zero attached hydrogens (tertiary/aromatic N) is 2. The summed E-state index contributed by atoms with van der Waals surface area (Å²) < 4.78 is 0. The Kier molecular flexibility index (Phi) is 6.01. The zero-order chi connectivity index (χ0) is 19.3. The van der Waals surface area contributed by atoms with E-state index in [1.807, 2.05) is 52.3 Å². The number of carbonyl (C=O) groups is 2. The zero-order valence-electron chi connectivity index (χ0n) is 16.0. The second-order valence-electron chi connectivity index (χ2n) is 7.50. The van der Waals surface area contributed by atoms with Crippen LogP contribution in [0.3, 0.4) is 0 Å². The van der Waals surface area contributed by atoms with Gasteiger partial charge in [0.25, 0.3) is 5.91 Å². The molecule has 2 saturated heterocycles. The van der Waals surface area contributed by atoms with Crippen molar-refractivity contribution in [2.45, 2.75) is 37.6 Å². The quantitative estimate of drug-likeness (QED) is 0.768. The van der Waals surface area contributed by atoms with Crippen molar-refractivity contribution >= 4 is 23.6 Å². The molecule has 2 aromatic rings. The largest absolute Gasteiger partial charge is 0.339 e. The summed E-state index contributed by atoms with van der Waals surface area (Å²) in [6, 6.07) is 18.0. The molecule has 5 heteroatoms. The fourth-order valence-electron chi connectivity index (χ4n) is 3.93. The lowest BCUT2D eigenvalue weighted by molar-refractivity contribution is -0.128. The van der Waals surface area contributed by atoms with Gasteiger partial charge in [0.05, 0.1) is 5.75 Å². The van der Waals surface area contributed by atoms with Crippen LogP contribution in [0.1, 0.15) is 52.5 Å². The molecule has 0 aliphatic carbocycles. The van der Waals surface area contributed by atoms with Gasteiger partial charge in [-0.15, -0.1) is 11.8 Å². The van der Waals surface area contributed by atoms with Gasteiger partial charge in [0.2, 0.25) is 5.91 Å². The van der Waals surface area contributed by atoms with Crippen LogP contribution in [-0.4, -0.2) is 40.5 Å². The summed E-state index contributed by atoms with van der Waals surface area (Å²) in [5.41, 5.74) is 2.96. The van der Waals surface area contributed by atoms with Crippen LogP contribution in [0.5, 0.6) is 0 Å². The highest BCUT2D eigenvalue weighted by Crippen LogP contribution is 2.39. The fraction of sp³-hybridized carbons (Fsp3) is 0.391. The molecule has 146 valence electrons. The van der Waals surface area contributed by atoms with Gasteiger partial charge in [0.15, 0.2) is 0 Å². The molecule has 0 spiro atoms. The average molecular weight is 395 g/mol. The molecule has 1 atom stereocenters. The Morgan fingerprint density at radius 1 is 0.929 bits per heavy atom. The maximum atomic E-state index is 12.8. The molecule has 2 aliphatic heterocycles. The molecule has 2 amide bonds.